The van der Waals surface area contributed by atoms with Gasteiger partial charge in [0.05, 0.1) is 6.10 Å². The molecule has 0 saturated carbocycles. The monoisotopic (exact) mass is 218 g/mol. The van der Waals surface area contributed by atoms with E-state index in [1.54, 1.807) is 0 Å². The fourth-order valence-corrected chi connectivity index (χ4v) is 0.889. The number of carboxylic acid groups (broad SMARTS) is 1. The molecule has 1 unspecified atom stereocenters. The van der Waals surface area contributed by atoms with Crippen LogP contribution in [0.5, 0.6) is 0 Å². The van der Waals surface area contributed by atoms with Crippen LogP contribution in [0.15, 0.2) is 0 Å². The predicted octanol–water partition coefficient (Wildman–Crippen LogP) is 0.184. The average molecular weight is 218 g/mol. The van der Waals surface area contributed by atoms with Crippen LogP contribution in [0, 0.1) is 0 Å². The lowest BCUT2D eigenvalue weighted by atomic mass is 10.3. The molecule has 15 heavy (non-hydrogen) atoms. The fraction of sp³-hybridized carbons (Fsp3) is 0.778. The fourth-order valence-electron chi connectivity index (χ4n) is 0.889. The standard InChI is InChI=1S/C9H18N2O4/c1-4-15-6(2)5-10-9(14)11-7(3)8(12)13/h6-7H,4-5H2,1-3H3,(H,12,13)(H2,10,11,14)/t6?,7-/m1/s1. The lowest BCUT2D eigenvalue weighted by molar-refractivity contribution is -0.138. The molecule has 0 saturated heterocycles. The molecule has 0 aromatic heterocycles. The third-order valence-corrected chi connectivity index (χ3v) is 1.72. The third-order valence-electron chi connectivity index (χ3n) is 1.72. The third kappa shape index (κ3) is 6.73. The first-order valence-corrected chi connectivity index (χ1v) is 4.86. The predicted molar refractivity (Wildman–Crippen MR) is 54.7 cm³/mol. The number of nitrogens with one attached hydrogen (secondary N) is 2. The van der Waals surface area contributed by atoms with Crippen molar-refractivity contribution in [2.75, 3.05) is 13.2 Å². The van der Waals surface area contributed by atoms with Gasteiger partial charge in [-0.25, -0.2) is 4.79 Å². The Morgan fingerprint density at radius 2 is 2.00 bits per heavy atom. The zero-order valence-electron chi connectivity index (χ0n) is 9.24. The number of carbonyl (C=O) groups excluding carboxylic acids is 1. The Bertz CT molecular complexity index is 220. The Kier molecular flexibility index (Phi) is 6.44. The summed E-state index contributed by atoms with van der Waals surface area (Å²) in [6.07, 6.45) is -0.0825. The zero-order valence-corrected chi connectivity index (χ0v) is 9.24. The Hall–Kier alpha value is -1.30. The lowest BCUT2D eigenvalue weighted by Crippen LogP contribution is -2.46. The van der Waals surface area contributed by atoms with Gasteiger partial charge in [-0.1, -0.05) is 0 Å². The van der Waals surface area contributed by atoms with E-state index in [1.807, 2.05) is 13.8 Å². The summed E-state index contributed by atoms with van der Waals surface area (Å²) in [7, 11) is 0. The molecule has 6 heteroatoms. The van der Waals surface area contributed by atoms with E-state index in [1.165, 1.54) is 6.92 Å². The Morgan fingerprint density at radius 3 is 2.47 bits per heavy atom. The minimum Gasteiger partial charge on any atom is -0.480 e. The van der Waals surface area contributed by atoms with Crippen molar-refractivity contribution in [3.63, 3.8) is 0 Å². The molecule has 0 aliphatic heterocycles. The molecule has 3 N–H and O–H groups in total. The molecule has 0 radical (unpaired) electrons. The highest BCUT2D eigenvalue weighted by Crippen LogP contribution is 1.87. The minimum absolute atomic E-state index is 0.0825. The molecule has 0 heterocycles. The van der Waals surface area contributed by atoms with E-state index in [0.717, 1.165) is 0 Å². The first-order chi connectivity index (χ1) is 6.97. The molecule has 0 bridgehead atoms. The Balaban J connectivity index is 3.70. The van der Waals surface area contributed by atoms with Gasteiger partial charge >= 0.3 is 12.0 Å². The van der Waals surface area contributed by atoms with Crippen LogP contribution in [0.2, 0.25) is 0 Å². The smallest absolute Gasteiger partial charge is 0.325 e. The number of amides is 2. The van der Waals surface area contributed by atoms with E-state index in [2.05, 4.69) is 10.6 Å². The summed E-state index contributed by atoms with van der Waals surface area (Å²) in [6, 6.07) is -1.40. The van der Waals surface area contributed by atoms with Crippen molar-refractivity contribution in [3.8, 4) is 0 Å². The number of aliphatic carboxylic acids is 1. The van der Waals surface area contributed by atoms with Crippen molar-refractivity contribution in [1.82, 2.24) is 10.6 Å². The first-order valence-electron chi connectivity index (χ1n) is 4.86. The molecule has 0 aromatic carbocycles. The van der Waals surface area contributed by atoms with Crippen molar-refractivity contribution < 1.29 is 19.4 Å². The summed E-state index contributed by atoms with van der Waals surface area (Å²) in [4.78, 5) is 21.5. The van der Waals surface area contributed by atoms with Crippen molar-refractivity contribution in [2.45, 2.75) is 32.9 Å². The van der Waals surface area contributed by atoms with Crippen LogP contribution < -0.4 is 10.6 Å². The molecule has 2 amide bonds. The maximum Gasteiger partial charge on any atom is 0.325 e. The van der Waals surface area contributed by atoms with Gasteiger partial charge in [-0.05, 0) is 20.8 Å². The van der Waals surface area contributed by atoms with Crippen molar-refractivity contribution >= 4 is 12.0 Å². The number of hydrogen-bond acceptors (Lipinski definition) is 3. The zero-order chi connectivity index (χ0) is 11.8. The molecular formula is C9H18N2O4. The van der Waals surface area contributed by atoms with Crippen molar-refractivity contribution in [2.24, 2.45) is 0 Å². The van der Waals surface area contributed by atoms with Crippen LogP contribution in [0.3, 0.4) is 0 Å². The summed E-state index contributed by atoms with van der Waals surface area (Å²) in [5, 5.41) is 13.3. The number of carbonyl (C=O) groups is 2. The summed E-state index contributed by atoms with van der Waals surface area (Å²) < 4.78 is 5.19. The van der Waals surface area contributed by atoms with Crippen LogP contribution in [0.25, 0.3) is 0 Å². The van der Waals surface area contributed by atoms with Crippen LogP contribution in [-0.2, 0) is 9.53 Å². The molecule has 0 spiro atoms. The van der Waals surface area contributed by atoms with E-state index in [-0.39, 0.29) is 6.10 Å². The van der Waals surface area contributed by atoms with Gasteiger partial charge in [0.2, 0.25) is 0 Å². The van der Waals surface area contributed by atoms with Gasteiger partial charge in [0.1, 0.15) is 6.04 Å². The van der Waals surface area contributed by atoms with Crippen molar-refractivity contribution in [1.29, 1.82) is 0 Å². The quantitative estimate of drug-likeness (QED) is 0.593. The van der Waals surface area contributed by atoms with E-state index < -0.39 is 18.0 Å². The Morgan fingerprint density at radius 1 is 1.40 bits per heavy atom. The number of urea groups is 1. The van der Waals surface area contributed by atoms with Crippen LogP contribution in [0.1, 0.15) is 20.8 Å². The van der Waals surface area contributed by atoms with Gasteiger partial charge in [-0.3, -0.25) is 4.79 Å². The maximum absolute atomic E-state index is 11.1. The number of rotatable bonds is 6. The average Bonchev–Trinajstić information content (AvgIpc) is 2.15. The van der Waals surface area contributed by atoms with Crippen LogP contribution in [0.4, 0.5) is 4.79 Å². The van der Waals surface area contributed by atoms with Gasteiger partial charge in [0.15, 0.2) is 0 Å². The van der Waals surface area contributed by atoms with Gasteiger partial charge in [0, 0.05) is 13.2 Å². The molecule has 0 aliphatic carbocycles. The summed E-state index contributed by atoms with van der Waals surface area (Å²) in [5.74, 6) is -1.07. The largest absolute Gasteiger partial charge is 0.480 e. The van der Waals surface area contributed by atoms with Crippen molar-refractivity contribution in [3.05, 3.63) is 0 Å². The molecule has 88 valence electrons. The van der Waals surface area contributed by atoms with E-state index in [0.29, 0.717) is 13.2 Å². The first kappa shape index (κ1) is 13.7. The lowest BCUT2D eigenvalue weighted by Gasteiger charge is -2.14. The molecule has 0 aromatic rings. The van der Waals surface area contributed by atoms with Gasteiger partial charge in [0.25, 0.3) is 0 Å². The summed E-state index contributed by atoms with van der Waals surface area (Å²) in [5.41, 5.74) is 0. The number of hydrogen-bond donors (Lipinski definition) is 3. The summed E-state index contributed by atoms with van der Waals surface area (Å²) >= 11 is 0. The SMILES string of the molecule is CCOC(C)CNC(=O)N[C@H](C)C(=O)O. The molecule has 2 atom stereocenters. The molecule has 0 rings (SSSR count). The molecule has 0 aliphatic rings. The van der Waals surface area contributed by atoms with E-state index in [9.17, 15) is 9.59 Å². The van der Waals surface area contributed by atoms with E-state index in [4.69, 9.17) is 9.84 Å². The van der Waals surface area contributed by atoms with Gasteiger partial charge in [-0.2, -0.15) is 0 Å². The summed E-state index contributed by atoms with van der Waals surface area (Å²) in [6.45, 7) is 6.02. The second-order valence-corrected chi connectivity index (χ2v) is 3.18. The topological polar surface area (TPSA) is 87.7 Å². The second-order valence-electron chi connectivity index (χ2n) is 3.18. The Labute approximate surface area is 89.0 Å². The highest BCUT2D eigenvalue weighted by molar-refractivity contribution is 5.82. The van der Waals surface area contributed by atoms with Gasteiger partial charge in [-0.15, -0.1) is 0 Å². The minimum atomic E-state index is -1.07. The normalized spacial score (nSPS) is 14.1. The number of carboxylic acids is 1. The maximum atomic E-state index is 11.1. The van der Waals surface area contributed by atoms with E-state index >= 15 is 0 Å². The molecule has 0 fully saturated rings. The molecular weight excluding hydrogens is 200 g/mol. The molecule has 6 nitrogen and oxygen atoms in total. The van der Waals surface area contributed by atoms with Gasteiger partial charge < -0.3 is 20.5 Å². The van der Waals surface area contributed by atoms with Crippen LogP contribution in [-0.4, -0.2) is 42.4 Å². The van der Waals surface area contributed by atoms with Crippen LogP contribution >= 0.6 is 0 Å². The highest BCUT2D eigenvalue weighted by Gasteiger charge is 2.13. The second kappa shape index (κ2) is 7.05. The number of ether oxygens (including phenoxy) is 1. The highest BCUT2D eigenvalue weighted by atomic mass is 16.5.